The van der Waals surface area contributed by atoms with Crippen molar-refractivity contribution in [2.45, 2.75) is 13.8 Å². The summed E-state index contributed by atoms with van der Waals surface area (Å²) in [6, 6.07) is 3.34. The van der Waals surface area contributed by atoms with Crippen molar-refractivity contribution in [3.8, 4) is 17.2 Å². The van der Waals surface area contributed by atoms with Gasteiger partial charge in [0.25, 0.3) is 0 Å². The van der Waals surface area contributed by atoms with Crippen LogP contribution in [0.25, 0.3) is 0 Å². The molecule has 0 N–H and O–H groups in total. The van der Waals surface area contributed by atoms with Crippen LogP contribution in [0.5, 0.6) is 17.2 Å². The molecule has 0 spiro atoms. The highest BCUT2D eigenvalue weighted by atomic mass is 16.5. The largest absolute Gasteiger partial charge is 0.493 e. The predicted molar refractivity (Wildman–Crippen MR) is 65.3 cm³/mol. The topological polar surface area (TPSA) is 44.8 Å². The average molecular weight is 238 g/mol. The van der Waals surface area contributed by atoms with Gasteiger partial charge < -0.3 is 14.2 Å². The van der Waals surface area contributed by atoms with Crippen LogP contribution in [0.2, 0.25) is 0 Å². The van der Waals surface area contributed by atoms with Crippen molar-refractivity contribution in [2.24, 2.45) is 5.92 Å². The number of aldehydes is 1. The molecule has 0 radical (unpaired) electrons. The Balaban J connectivity index is 3.15. The van der Waals surface area contributed by atoms with Crippen LogP contribution in [0, 0.1) is 5.92 Å². The van der Waals surface area contributed by atoms with Crippen LogP contribution >= 0.6 is 0 Å². The van der Waals surface area contributed by atoms with E-state index in [0.717, 1.165) is 6.29 Å². The lowest BCUT2D eigenvalue weighted by Crippen LogP contribution is -2.07. The molecule has 4 nitrogen and oxygen atoms in total. The number of hydrogen-bond donors (Lipinski definition) is 0. The maximum Gasteiger partial charge on any atom is 0.204 e. The van der Waals surface area contributed by atoms with Crippen molar-refractivity contribution in [2.75, 3.05) is 20.8 Å². The molecule has 1 aromatic rings. The third-order valence-electron chi connectivity index (χ3n) is 2.22. The van der Waals surface area contributed by atoms with Crippen molar-refractivity contribution in [1.29, 1.82) is 0 Å². The fourth-order valence-corrected chi connectivity index (χ4v) is 1.41. The molecule has 0 atom stereocenters. The van der Waals surface area contributed by atoms with Crippen molar-refractivity contribution in [1.82, 2.24) is 0 Å². The van der Waals surface area contributed by atoms with Crippen molar-refractivity contribution >= 4 is 6.29 Å². The lowest BCUT2D eigenvalue weighted by atomic mass is 10.2. The van der Waals surface area contributed by atoms with Crippen molar-refractivity contribution in [3.63, 3.8) is 0 Å². The molecule has 0 saturated heterocycles. The Morgan fingerprint density at radius 3 is 2.35 bits per heavy atom. The van der Waals surface area contributed by atoms with Crippen LogP contribution in [0.15, 0.2) is 12.1 Å². The maximum atomic E-state index is 10.9. The van der Waals surface area contributed by atoms with E-state index in [1.165, 1.54) is 7.11 Å². The Kier molecular flexibility index (Phi) is 4.82. The van der Waals surface area contributed by atoms with Gasteiger partial charge in [-0.3, -0.25) is 4.79 Å². The zero-order valence-electron chi connectivity index (χ0n) is 10.6. The molecule has 0 aliphatic heterocycles. The van der Waals surface area contributed by atoms with Gasteiger partial charge in [-0.15, -0.1) is 0 Å². The van der Waals surface area contributed by atoms with Gasteiger partial charge in [0, 0.05) is 0 Å². The first-order chi connectivity index (χ1) is 8.13. The summed E-state index contributed by atoms with van der Waals surface area (Å²) in [6.45, 7) is 4.63. The van der Waals surface area contributed by atoms with E-state index in [2.05, 4.69) is 0 Å². The molecule has 0 amide bonds. The average Bonchev–Trinajstić information content (AvgIpc) is 2.34. The van der Waals surface area contributed by atoms with E-state index >= 15 is 0 Å². The Hall–Kier alpha value is -1.71. The van der Waals surface area contributed by atoms with Crippen LogP contribution < -0.4 is 14.2 Å². The summed E-state index contributed by atoms with van der Waals surface area (Å²) in [4.78, 5) is 10.9. The van der Waals surface area contributed by atoms with Gasteiger partial charge in [-0.25, -0.2) is 0 Å². The van der Waals surface area contributed by atoms with Crippen LogP contribution in [-0.4, -0.2) is 27.1 Å². The van der Waals surface area contributed by atoms with E-state index in [-0.39, 0.29) is 0 Å². The summed E-state index contributed by atoms with van der Waals surface area (Å²) in [6.07, 6.45) is 0.737. The van der Waals surface area contributed by atoms with Gasteiger partial charge in [0.05, 0.1) is 26.4 Å². The van der Waals surface area contributed by atoms with Gasteiger partial charge in [-0.05, 0) is 18.1 Å². The number of rotatable bonds is 6. The fourth-order valence-electron chi connectivity index (χ4n) is 1.41. The fraction of sp³-hybridized carbons (Fsp3) is 0.462. The molecule has 0 bridgehead atoms. The first kappa shape index (κ1) is 13.4. The monoisotopic (exact) mass is 238 g/mol. The van der Waals surface area contributed by atoms with E-state index in [1.807, 2.05) is 13.8 Å². The van der Waals surface area contributed by atoms with Gasteiger partial charge >= 0.3 is 0 Å². The van der Waals surface area contributed by atoms with E-state index in [1.54, 1.807) is 19.2 Å². The zero-order chi connectivity index (χ0) is 12.8. The lowest BCUT2D eigenvalue weighted by molar-refractivity contribution is 0.111. The highest BCUT2D eigenvalue weighted by Crippen LogP contribution is 2.39. The molecular formula is C13H18O4. The minimum atomic E-state index is 0.379. The van der Waals surface area contributed by atoms with E-state index in [9.17, 15) is 4.79 Å². The first-order valence-electron chi connectivity index (χ1n) is 5.47. The number of ether oxygens (including phenoxy) is 3. The normalized spacial score (nSPS) is 10.2. The standard InChI is InChI=1S/C13H18O4/c1-9(2)8-17-13-11(15-3)6-5-10(7-14)12(13)16-4/h5-7,9H,8H2,1-4H3. The SMILES string of the molecule is COc1ccc(C=O)c(OC)c1OCC(C)C. The second-order valence-corrected chi connectivity index (χ2v) is 4.04. The predicted octanol–water partition coefficient (Wildman–Crippen LogP) is 2.55. The highest BCUT2D eigenvalue weighted by molar-refractivity contribution is 5.82. The molecule has 94 valence electrons. The van der Waals surface area contributed by atoms with Gasteiger partial charge in [0.2, 0.25) is 5.75 Å². The van der Waals surface area contributed by atoms with Gasteiger partial charge in [-0.2, -0.15) is 0 Å². The molecule has 4 heteroatoms. The smallest absolute Gasteiger partial charge is 0.204 e. The third kappa shape index (κ3) is 3.12. The van der Waals surface area contributed by atoms with Crippen LogP contribution in [0.3, 0.4) is 0 Å². The third-order valence-corrected chi connectivity index (χ3v) is 2.22. The quantitative estimate of drug-likeness (QED) is 0.714. The Bertz CT molecular complexity index is 385. The van der Waals surface area contributed by atoms with Gasteiger partial charge in [-0.1, -0.05) is 13.8 Å². The van der Waals surface area contributed by atoms with Gasteiger partial charge in [0.15, 0.2) is 17.8 Å². The molecule has 0 unspecified atom stereocenters. The van der Waals surface area contributed by atoms with E-state index < -0.39 is 0 Å². The summed E-state index contributed by atoms with van der Waals surface area (Å²) in [5.41, 5.74) is 0.451. The lowest BCUT2D eigenvalue weighted by Gasteiger charge is -2.16. The van der Waals surface area contributed by atoms with Crippen molar-refractivity contribution in [3.05, 3.63) is 17.7 Å². The molecule has 0 heterocycles. The summed E-state index contributed by atoms with van der Waals surface area (Å²) < 4.78 is 16.0. The number of hydrogen-bond acceptors (Lipinski definition) is 4. The Morgan fingerprint density at radius 2 is 1.88 bits per heavy atom. The van der Waals surface area contributed by atoms with Crippen LogP contribution in [0.4, 0.5) is 0 Å². The van der Waals surface area contributed by atoms with Crippen LogP contribution in [0.1, 0.15) is 24.2 Å². The van der Waals surface area contributed by atoms with Gasteiger partial charge in [0.1, 0.15) is 0 Å². The Labute approximate surface area is 101 Å². The number of carbonyl (C=O) groups is 1. The molecule has 0 aliphatic rings. The molecule has 0 aromatic heterocycles. The number of methoxy groups -OCH3 is 2. The van der Waals surface area contributed by atoms with E-state index in [0.29, 0.717) is 35.3 Å². The summed E-state index contributed by atoms with van der Waals surface area (Å²) >= 11 is 0. The second kappa shape index (κ2) is 6.13. The number of carbonyl (C=O) groups excluding carboxylic acids is 1. The number of benzene rings is 1. The second-order valence-electron chi connectivity index (χ2n) is 4.04. The summed E-state index contributed by atoms with van der Waals surface area (Å²) in [7, 11) is 3.06. The zero-order valence-corrected chi connectivity index (χ0v) is 10.6. The summed E-state index contributed by atoms with van der Waals surface area (Å²) in [5.74, 6) is 1.84. The molecule has 17 heavy (non-hydrogen) atoms. The minimum absolute atomic E-state index is 0.379. The molecule has 1 rings (SSSR count). The van der Waals surface area contributed by atoms with Crippen LogP contribution in [-0.2, 0) is 0 Å². The summed E-state index contributed by atoms with van der Waals surface area (Å²) in [5, 5.41) is 0. The maximum absolute atomic E-state index is 10.9. The Morgan fingerprint density at radius 1 is 1.18 bits per heavy atom. The van der Waals surface area contributed by atoms with E-state index in [4.69, 9.17) is 14.2 Å². The molecule has 1 aromatic carbocycles. The van der Waals surface area contributed by atoms with Crippen molar-refractivity contribution < 1.29 is 19.0 Å². The molecule has 0 fully saturated rings. The molecule has 0 aliphatic carbocycles. The molecule has 0 saturated carbocycles. The minimum Gasteiger partial charge on any atom is -0.493 e. The highest BCUT2D eigenvalue weighted by Gasteiger charge is 2.16. The molecular weight excluding hydrogens is 220 g/mol. The first-order valence-corrected chi connectivity index (χ1v) is 5.47.